The average Bonchev–Trinajstić information content (AvgIpc) is 2.88. The Bertz CT molecular complexity index is 586. The number of nitrogens with two attached hydrogens (primary N) is 1. The lowest BCUT2D eigenvalue weighted by molar-refractivity contribution is -0.0151. The van der Waals surface area contributed by atoms with Gasteiger partial charge in [0.15, 0.2) is 11.5 Å². The van der Waals surface area contributed by atoms with E-state index in [1.54, 1.807) is 6.92 Å². The third-order valence-electron chi connectivity index (χ3n) is 3.00. The highest BCUT2D eigenvalue weighted by Gasteiger charge is 2.33. The highest BCUT2D eigenvalue weighted by atomic mass is 16.6. The first-order valence-corrected chi connectivity index (χ1v) is 5.39. The van der Waals surface area contributed by atoms with Crippen LogP contribution in [0.15, 0.2) is 12.7 Å². The number of aromatic nitrogens is 4. The molecule has 0 spiro atoms. The number of nitrogen functional groups attached to an aromatic ring is 1. The Kier molecular flexibility index (Phi) is 2.44. The van der Waals surface area contributed by atoms with Crippen molar-refractivity contribution in [1.29, 1.82) is 0 Å². The molecule has 0 radical (unpaired) electrons. The molecule has 0 bridgehead atoms. The second-order valence-corrected chi connectivity index (χ2v) is 4.14. The molecule has 0 unspecified atom stereocenters. The van der Waals surface area contributed by atoms with Crippen molar-refractivity contribution in [1.82, 2.24) is 19.5 Å². The van der Waals surface area contributed by atoms with Gasteiger partial charge in [-0.15, -0.1) is 0 Å². The van der Waals surface area contributed by atoms with Crippen LogP contribution in [0.25, 0.3) is 11.2 Å². The zero-order valence-electron chi connectivity index (χ0n) is 9.56. The van der Waals surface area contributed by atoms with Gasteiger partial charge in [0.25, 0.3) is 0 Å². The first-order chi connectivity index (χ1) is 8.59. The third kappa shape index (κ3) is 1.47. The molecule has 2 aromatic rings. The fourth-order valence-electron chi connectivity index (χ4n) is 2.00. The number of aliphatic hydroxyl groups excluding tert-OH is 2. The summed E-state index contributed by atoms with van der Waals surface area (Å²) in [6, 6.07) is 0. The van der Waals surface area contributed by atoms with E-state index in [9.17, 15) is 10.2 Å². The Morgan fingerprint density at radius 1 is 1.39 bits per heavy atom. The van der Waals surface area contributed by atoms with E-state index in [4.69, 9.17) is 10.5 Å². The predicted molar refractivity (Wildman–Crippen MR) is 60.8 cm³/mol. The van der Waals surface area contributed by atoms with Gasteiger partial charge in [0.2, 0.25) is 0 Å². The SMILES string of the molecule is C[C-]1O[C@@H](n2cnc3c(N)ncnc32)[C@H](O)[C@@H]1O. The minimum atomic E-state index is -1.07. The van der Waals surface area contributed by atoms with Gasteiger partial charge < -0.3 is 20.7 Å². The summed E-state index contributed by atoms with van der Waals surface area (Å²) in [4.78, 5) is 12.0. The van der Waals surface area contributed by atoms with Gasteiger partial charge >= 0.3 is 0 Å². The van der Waals surface area contributed by atoms with Crippen LogP contribution in [0.3, 0.4) is 0 Å². The molecule has 2 aromatic heterocycles. The maximum Gasteiger partial charge on any atom is 0.167 e. The molecule has 8 heteroatoms. The van der Waals surface area contributed by atoms with Gasteiger partial charge in [-0.2, -0.15) is 13.0 Å². The summed E-state index contributed by atoms with van der Waals surface area (Å²) < 4.78 is 6.94. The van der Waals surface area contributed by atoms with Crippen molar-refractivity contribution < 1.29 is 14.9 Å². The Labute approximate surface area is 102 Å². The first kappa shape index (κ1) is 11.3. The van der Waals surface area contributed by atoms with E-state index in [1.807, 2.05) is 0 Å². The molecular formula is C10H12N5O3-. The molecule has 18 heavy (non-hydrogen) atoms. The molecule has 1 aliphatic heterocycles. The van der Waals surface area contributed by atoms with Crippen LogP contribution in [-0.4, -0.2) is 41.9 Å². The fourth-order valence-corrected chi connectivity index (χ4v) is 2.00. The molecule has 0 amide bonds. The number of rotatable bonds is 1. The van der Waals surface area contributed by atoms with Crippen molar-refractivity contribution in [2.45, 2.75) is 25.4 Å². The van der Waals surface area contributed by atoms with Crippen LogP contribution in [-0.2, 0) is 4.74 Å². The molecule has 1 saturated heterocycles. The normalized spacial score (nSPS) is 29.2. The van der Waals surface area contributed by atoms with E-state index < -0.39 is 18.4 Å². The van der Waals surface area contributed by atoms with Crippen LogP contribution in [0.2, 0.25) is 0 Å². The van der Waals surface area contributed by atoms with Crippen LogP contribution in [0.4, 0.5) is 5.82 Å². The van der Waals surface area contributed by atoms with Crippen molar-refractivity contribution >= 4 is 17.0 Å². The topological polar surface area (TPSA) is 119 Å². The molecular weight excluding hydrogens is 238 g/mol. The van der Waals surface area contributed by atoms with Gasteiger partial charge in [0.1, 0.15) is 18.1 Å². The molecule has 1 aliphatic rings. The lowest BCUT2D eigenvalue weighted by Gasteiger charge is -2.22. The van der Waals surface area contributed by atoms with Crippen LogP contribution in [0.5, 0.6) is 0 Å². The fraction of sp³-hybridized carbons (Fsp3) is 0.400. The molecule has 8 nitrogen and oxygen atoms in total. The van der Waals surface area contributed by atoms with Crippen molar-refractivity contribution in [2.24, 2.45) is 0 Å². The number of fused-ring (bicyclic) bond motifs is 1. The van der Waals surface area contributed by atoms with Crippen LogP contribution < -0.4 is 5.73 Å². The predicted octanol–water partition coefficient (Wildman–Crippen LogP) is -0.789. The van der Waals surface area contributed by atoms with E-state index in [2.05, 4.69) is 15.0 Å². The summed E-state index contributed by atoms with van der Waals surface area (Å²) in [5.74, 6) is 0.257. The summed E-state index contributed by atoms with van der Waals surface area (Å²) in [5, 5.41) is 19.6. The standard InChI is InChI=1S/C10H12N5O3/c1-4-6(16)7(17)10(18-4)15-3-14-5-8(11)12-2-13-9(5)15/h2-3,6-7,10,16-17H,1H3,(H2,11,12,13)/q-1/t6-,7-,10-/m1/s1. The van der Waals surface area contributed by atoms with E-state index in [-0.39, 0.29) is 5.82 Å². The Balaban J connectivity index is 2.08. The zero-order valence-corrected chi connectivity index (χ0v) is 9.56. The van der Waals surface area contributed by atoms with Gasteiger partial charge in [-0.25, -0.2) is 15.0 Å². The quantitative estimate of drug-likeness (QED) is 0.567. The number of anilines is 1. The van der Waals surface area contributed by atoms with E-state index in [1.165, 1.54) is 17.2 Å². The number of nitrogens with zero attached hydrogens (tertiary/aromatic N) is 4. The molecule has 96 valence electrons. The largest absolute Gasteiger partial charge is 0.527 e. The average molecular weight is 250 g/mol. The molecule has 3 rings (SSSR count). The lowest BCUT2D eigenvalue weighted by Crippen LogP contribution is -2.28. The summed E-state index contributed by atoms with van der Waals surface area (Å²) in [7, 11) is 0. The number of ether oxygens (including phenoxy) is 1. The molecule has 4 N–H and O–H groups in total. The monoisotopic (exact) mass is 250 g/mol. The van der Waals surface area contributed by atoms with E-state index in [0.717, 1.165) is 0 Å². The van der Waals surface area contributed by atoms with Crippen LogP contribution in [0.1, 0.15) is 13.2 Å². The maximum absolute atomic E-state index is 9.91. The smallest absolute Gasteiger partial charge is 0.167 e. The third-order valence-corrected chi connectivity index (χ3v) is 3.00. The van der Waals surface area contributed by atoms with Crippen molar-refractivity contribution in [3.63, 3.8) is 0 Å². The first-order valence-electron chi connectivity index (χ1n) is 5.39. The van der Waals surface area contributed by atoms with Gasteiger partial charge in [0.05, 0.1) is 12.4 Å². The molecule has 3 heterocycles. The van der Waals surface area contributed by atoms with Gasteiger partial charge in [-0.3, -0.25) is 4.57 Å². The number of imidazole rings is 1. The number of aliphatic hydroxyl groups is 2. The maximum atomic E-state index is 9.91. The lowest BCUT2D eigenvalue weighted by atomic mass is 10.1. The molecule has 0 aliphatic carbocycles. The van der Waals surface area contributed by atoms with E-state index >= 15 is 0 Å². The highest BCUT2D eigenvalue weighted by Crippen LogP contribution is 2.34. The number of hydrogen-bond acceptors (Lipinski definition) is 7. The second-order valence-electron chi connectivity index (χ2n) is 4.14. The van der Waals surface area contributed by atoms with Crippen molar-refractivity contribution in [2.75, 3.05) is 5.73 Å². The van der Waals surface area contributed by atoms with Gasteiger partial charge in [0, 0.05) is 0 Å². The summed E-state index contributed by atoms with van der Waals surface area (Å²) in [5.41, 5.74) is 6.56. The van der Waals surface area contributed by atoms with Crippen LogP contribution in [0, 0.1) is 6.10 Å². The van der Waals surface area contributed by atoms with Crippen molar-refractivity contribution in [3.05, 3.63) is 18.8 Å². The minimum Gasteiger partial charge on any atom is -0.527 e. The number of hydrogen-bond donors (Lipinski definition) is 3. The van der Waals surface area contributed by atoms with Crippen LogP contribution >= 0.6 is 0 Å². The minimum absolute atomic E-state index is 0.257. The molecule has 0 saturated carbocycles. The molecule has 3 atom stereocenters. The Hall–Kier alpha value is -1.77. The summed E-state index contributed by atoms with van der Waals surface area (Å²) in [6.45, 7) is 1.61. The van der Waals surface area contributed by atoms with Gasteiger partial charge in [-0.05, 0) is 6.10 Å². The van der Waals surface area contributed by atoms with Gasteiger partial charge in [-0.1, -0.05) is 0 Å². The Morgan fingerprint density at radius 3 is 2.83 bits per heavy atom. The second kappa shape index (κ2) is 3.87. The van der Waals surface area contributed by atoms with Crippen molar-refractivity contribution in [3.8, 4) is 0 Å². The zero-order chi connectivity index (χ0) is 12.9. The summed E-state index contributed by atoms with van der Waals surface area (Å²) >= 11 is 0. The Morgan fingerprint density at radius 2 is 2.17 bits per heavy atom. The summed E-state index contributed by atoms with van der Waals surface area (Å²) in [6.07, 6.45) is 0.264. The highest BCUT2D eigenvalue weighted by molar-refractivity contribution is 5.81. The molecule has 1 fully saturated rings. The van der Waals surface area contributed by atoms with E-state index in [0.29, 0.717) is 17.3 Å². The molecule has 0 aromatic carbocycles.